The highest BCUT2D eigenvalue weighted by Gasteiger charge is 2.26. The Morgan fingerprint density at radius 2 is 2.19 bits per heavy atom. The SMILES string of the molecule is C=NN(C)/C=C/C(O)N=C1Cc2c(OC)ccc(C(CC)CCC)c2N1. The fourth-order valence-electron chi connectivity index (χ4n) is 3.31. The Kier molecular flexibility index (Phi) is 7.21. The Bertz CT molecular complexity index is 685. The lowest BCUT2D eigenvalue weighted by Crippen LogP contribution is -2.13. The van der Waals surface area contributed by atoms with Crippen molar-refractivity contribution < 1.29 is 9.84 Å². The molecule has 0 saturated carbocycles. The summed E-state index contributed by atoms with van der Waals surface area (Å²) in [6, 6.07) is 4.19. The standard InChI is InChI=1S/C20H30N4O2/c1-6-8-14(7-2)15-9-10-17(26-5)16-13-18(23-20(15)16)22-19(25)11-12-24(4)21-3/h9-12,14,19,25H,3,6-8,13H2,1-2,4-5H3,(H,22,23)/b12-11+. The van der Waals surface area contributed by atoms with E-state index in [4.69, 9.17) is 4.74 Å². The first kappa shape index (κ1) is 20.0. The van der Waals surface area contributed by atoms with Gasteiger partial charge in [0.25, 0.3) is 0 Å². The van der Waals surface area contributed by atoms with Gasteiger partial charge in [0.1, 0.15) is 11.6 Å². The first-order chi connectivity index (χ1) is 12.5. The molecule has 1 aromatic carbocycles. The molecule has 1 heterocycles. The molecule has 2 rings (SSSR count). The normalized spacial score (nSPS) is 17.0. The monoisotopic (exact) mass is 358 g/mol. The molecule has 0 aliphatic carbocycles. The highest BCUT2D eigenvalue weighted by molar-refractivity contribution is 6.05. The van der Waals surface area contributed by atoms with Crippen LogP contribution in [0, 0.1) is 0 Å². The van der Waals surface area contributed by atoms with E-state index in [1.54, 1.807) is 26.4 Å². The van der Waals surface area contributed by atoms with Gasteiger partial charge in [-0.1, -0.05) is 26.3 Å². The molecule has 0 saturated heterocycles. The zero-order valence-electron chi connectivity index (χ0n) is 16.2. The second kappa shape index (κ2) is 9.38. The van der Waals surface area contributed by atoms with Gasteiger partial charge in [-0.3, -0.25) is 5.01 Å². The average molecular weight is 358 g/mol. The van der Waals surface area contributed by atoms with Gasteiger partial charge in [-0.2, -0.15) is 5.10 Å². The van der Waals surface area contributed by atoms with Crippen LogP contribution in [0.25, 0.3) is 0 Å². The van der Waals surface area contributed by atoms with Crippen molar-refractivity contribution in [2.45, 2.75) is 51.7 Å². The van der Waals surface area contributed by atoms with E-state index in [0.29, 0.717) is 12.3 Å². The fourth-order valence-corrected chi connectivity index (χ4v) is 3.31. The molecule has 0 radical (unpaired) electrons. The summed E-state index contributed by atoms with van der Waals surface area (Å²) < 4.78 is 5.53. The van der Waals surface area contributed by atoms with Crippen LogP contribution in [0.3, 0.4) is 0 Å². The van der Waals surface area contributed by atoms with Gasteiger partial charge in [0.2, 0.25) is 0 Å². The highest BCUT2D eigenvalue weighted by atomic mass is 16.5. The molecule has 1 aromatic rings. The van der Waals surface area contributed by atoms with Crippen molar-refractivity contribution in [2.24, 2.45) is 10.1 Å². The van der Waals surface area contributed by atoms with Crippen molar-refractivity contribution in [3.05, 3.63) is 35.5 Å². The van der Waals surface area contributed by atoms with Crippen molar-refractivity contribution in [2.75, 3.05) is 19.5 Å². The number of fused-ring (bicyclic) bond motifs is 1. The lowest BCUT2D eigenvalue weighted by molar-refractivity contribution is 0.231. The zero-order valence-corrected chi connectivity index (χ0v) is 16.2. The second-order valence-corrected chi connectivity index (χ2v) is 6.45. The molecule has 2 atom stereocenters. The van der Waals surface area contributed by atoms with Gasteiger partial charge in [0.15, 0.2) is 6.23 Å². The third-order valence-corrected chi connectivity index (χ3v) is 4.69. The molecular formula is C20H30N4O2. The number of rotatable bonds is 9. The number of methoxy groups -OCH3 is 1. The van der Waals surface area contributed by atoms with Crippen molar-refractivity contribution in [1.82, 2.24) is 5.01 Å². The summed E-state index contributed by atoms with van der Waals surface area (Å²) in [5.41, 5.74) is 3.50. The molecule has 0 amide bonds. The van der Waals surface area contributed by atoms with Crippen LogP contribution in [0.2, 0.25) is 0 Å². The largest absolute Gasteiger partial charge is 0.496 e. The van der Waals surface area contributed by atoms with E-state index in [2.05, 4.69) is 42.0 Å². The number of hydrogen-bond acceptors (Lipinski definition) is 5. The van der Waals surface area contributed by atoms with Gasteiger partial charge < -0.3 is 15.2 Å². The number of hydrogen-bond donors (Lipinski definition) is 2. The number of anilines is 1. The van der Waals surface area contributed by atoms with Crippen LogP contribution in [0.15, 0.2) is 34.5 Å². The van der Waals surface area contributed by atoms with Crippen LogP contribution in [-0.2, 0) is 6.42 Å². The molecule has 2 unspecified atom stereocenters. The molecule has 2 N–H and O–H groups in total. The van der Waals surface area contributed by atoms with Gasteiger partial charge in [-0.15, -0.1) is 0 Å². The molecule has 0 fully saturated rings. The Hall–Kier alpha value is -2.34. The van der Waals surface area contributed by atoms with Gasteiger partial charge in [0.05, 0.1) is 12.8 Å². The molecule has 26 heavy (non-hydrogen) atoms. The van der Waals surface area contributed by atoms with Crippen molar-refractivity contribution >= 4 is 18.2 Å². The number of amidine groups is 1. The van der Waals surface area contributed by atoms with E-state index in [1.165, 1.54) is 10.6 Å². The predicted molar refractivity (Wildman–Crippen MR) is 108 cm³/mol. The van der Waals surface area contributed by atoms with Crippen molar-refractivity contribution in [1.29, 1.82) is 0 Å². The van der Waals surface area contributed by atoms with E-state index in [0.717, 1.165) is 42.1 Å². The fraction of sp³-hybridized carbons (Fsp3) is 0.500. The van der Waals surface area contributed by atoms with E-state index in [9.17, 15) is 5.11 Å². The number of hydrazone groups is 1. The smallest absolute Gasteiger partial charge is 0.168 e. The van der Waals surface area contributed by atoms with E-state index in [-0.39, 0.29) is 0 Å². The minimum Gasteiger partial charge on any atom is -0.496 e. The minimum atomic E-state index is -0.942. The lowest BCUT2D eigenvalue weighted by Gasteiger charge is -2.19. The first-order valence-corrected chi connectivity index (χ1v) is 9.13. The Balaban J connectivity index is 2.28. The van der Waals surface area contributed by atoms with Gasteiger partial charge in [-0.25, -0.2) is 4.99 Å². The first-order valence-electron chi connectivity index (χ1n) is 9.13. The number of benzene rings is 1. The Morgan fingerprint density at radius 3 is 2.81 bits per heavy atom. The second-order valence-electron chi connectivity index (χ2n) is 6.45. The van der Waals surface area contributed by atoms with Gasteiger partial charge >= 0.3 is 0 Å². The number of nitrogens with zero attached hydrogens (tertiary/aromatic N) is 3. The van der Waals surface area contributed by atoms with E-state index >= 15 is 0 Å². The topological polar surface area (TPSA) is 69.5 Å². The van der Waals surface area contributed by atoms with Crippen LogP contribution in [0.5, 0.6) is 5.75 Å². The molecule has 6 nitrogen and oxygen atoms in total. The summed E-state index contributed by atoms with van der Waals surface area (Å²) in [5.74, 6) is 2.10. The molecular weight excluding hydrogens is 328 g/mol. The summed E-state index contributed by atoms with van der Waals surface area (Å²) in [4.78, 5) is 4.37. The maximum absolute atomic E-state index is 10.1. The Labute approximate surface area is 156 Å². The van der Waals surface area contributed by atoms with E-state index in [1.807, 2.05) is 6.07 Å². The maximum Gasteiger partial charge on any atom is 0.168 e. The van der Waals surface area contributed by atoms with Crippen LogP contribution in [-0.4, -0.2) is 43.1 Å². The van der Waals surface area contributed by atoms with Crippen LogP contribution < -0.4 is 10.1 Å². The number of ether oxygens (including phenoxy) is 1. The molecule has 1 aliphatic rings. The number of aliphatic hydroxyl groups is 1. The molecule has 142 valence electrons. The number of aliphatic imine (C=N–C) groups is 1. The highest BCUT2D eigenvalue weighted by Crippen LogP contribution is 2.40. The summed E-state index contributed by atoms with van der Waals surface area (Å²) >= 11 is 0. The maximum atomic E-state index is 10.1. The number of nitrogens with one attached hydrogen (secondary N) is 1. The van der Waals surface area contributed by atoms with Crippen LogP contribution in [0.1, 0.15) is 50.2 Å². The zero-order chi connectivity index (χ0) is 19.1. The van der Waals surface area contributed by atoms with Crippen LogP contribution >= 0.6 is 0 Å². The van der Waals surface area contributed by atoms with Gasteiger partial charge in [0, 0.05) is 31.9 Å². The summed E-state index contributed by atoms with van der Waals surface area (Å²) in [5, 5.41) is 18.8. The Morgan fingerprint density at radius 1 is 1.42 bits per heavy atom. The molecule has 0 spiro atoms. The van der Waals surface area contributed by atoms with Crippen molar-refractivity contribution in [3.8, 4) is 5.75 Å². The van der Waals surface area contributed by atoms with Gasteiger partial charge in [-0.05, 0) is 36.5 Å². The molecule has 1 aliphatic heterocycles. The number of aliphatic hydroxyl groups excluding tert-OH is 1. The molecule has 0 bridgehead atoms. The summed E-state index contributed by atoms with van der Waals surface area (Å²) in [6.07, 6.45) is 6.26. The van der Waals surface area contributed by atoms with E-state index < -0.39 is 6.23 Å². The quantitative estimate of drug-likeness (QED) is 0.521. The summed E-state index contributed by atoms with van der Waals surface area (Å²) in [7, 11) is 3.42. The third kappa shape index (κ3) is 4.64. The van der Waals surface area contributed by atoms with Crippen molar-refractivity contribution in [3.63, 3.8) is 0 Å². The molecule has 0 aromatic heterocycles. The lowest BCUT2D eigenvalue weighted by atomic mass is 9.89. The third-order valence-electron chi connectivity index (χ3n) is 4.69. The van der Waals surface area contributed by atoms with Crippen LogP contribution in [0.4, 0.5) is 5.69 Å². The average Bonchev–Trinajstić information content (AvgIpc) is 3.06. The summed E-state index contributed by atoms with van der Waals surface area (Å²) in [6.45, 7) is 7.85. The minimum absolute atomic E-state index is 0.503. The molecule has 6 heteroatoms. The predicted octanol–water partition coefficient (Wildman–Crippen LogP) is 3.73.